The molecule has 1 saturated heterocycles. The maximum atomic E-state index is 6.42. The van der Waals surface area contributed by atoms with Gasteiger partial charge in [-0.25, -0.2) is 15.0 Å². The molecule has 0 spiro atoms. The van der Waals surface area contributed by atoms with Crippen molar-refractivity contribution in [3.8, 4) is 17.1 Å². The van der Waals surface area contributed by atoms with Gasteiger partial charge in [0.25, 0.3) is 0 Å². The molecule has 8 heteroatoms. The molecule has 152 valence electrons. The minimum atomic E-state index is 0.438. The number of nitrogens with zero attached hydrogens (tertiary/aromatic N) is 5. The highest BCUT2D eigenvalue weighted by atomic mass is 35.5. The van der Waals surface area contributed by atoms with Crippen molar-refractivity contribution in [3.05, 3.63) is 60.0 Å². The Kier molecular flexibility index (Phi) is 4.88. The van der Waals surface area contributed by atoms with Crippen molar-refractivity contribution in [1.82, 2.24) is 19.4 Å². The number of hydrogen-bond donors (Lipinski definition) is 1. The third-order valence-corrected chi connectivity index (χ3v) is 5.58. The van der Waals surface area contributed by atoms with Crippen LogP contribution in [0.5, 0.6) is 5.75 Å². The van der Waals surface area contributed by atoms with Gasteiger partial charge in [0, 0.05) is 31.0 Å². The first kappa shape index (κ1) is 18.7. The topological polar surface area (TPSA) is 67.6 Å². The largest absolute Gasteiger partial charge is 0.494 e. The molecule has 0 bridgehead atoms. The van der Waals surface area contributed by atoms with Crippen LogP contribution in [-0.2, 0) is 0 Å². The molecule has 0 aliphatic carbocycles. The van der Waals surface area contributed by atoms with Gasteiger partial charge in [-0.2, -0.15) is 0 Å². The Morgan fingerprint density at radius 1 is 1.07 bits per heavy atom. The predicted molar refractivity (Wildman–Crippen MR) is 119 cm³/mol. The van der Waals surface area contributed by atoms with Gasteiger partial charge in [0.1, 0.15) is 17.1 Å². The molecule has 7 nitrogen and oxygen atoms in total. The summed E-state index contributed by atoms with van der Waals surface area (Å²) in [4.78, 5) is 15.8. The van der Waals surface area contributed by atoms with Gasteiger partial charge in [0.15, 0.2) is 0 Å². The third-order valence-electron chi connectivity index (χ3n) is 5.31. The molecule has 0 atom stereocenters. The molecule has 1 N–H and O–H groups in total. The third kappa shape index (κ3) is 3.41. The van der Waals surface area contributed by atoms with Crippen molar-refractivity contribution < 1.29 is 4.74 Å². The van der Waals surface area contributed by atoms with Gasteiger partial charge < -0.3 is 15.0 Å². The summed E-state index contributed by atoms with van der Waals surface area (Å²) in [7, 11) is 1.67. The number of ether oxygens (including phenoxy) is 1. The zero-order valence-electron chi connectivity index (χ0n) is 16.5. The zero-order valence-corrected chi connectivity index (χ0v) is 17.3. The van der Waals surface area contributed by atoms with E-state index in [0.29, 0.717) is 16.7 Å². The van der Waals surface area contributed by atoms with Crippen LogP contribution in [0.1, 0.15) is 12.8 Å². The van der Waals surface area contributed by atoms with Crippen molar-refractivity contribution >= 4 is 34.6 Å². The van der Waals surface area contributed by atoms with Gasteiger partial charge >= 0.3 is 0 Å². The number of rotatable bonds is 5. The second-order valence-electron chi connectivity index (χ2n) is 7.17. The number of halogens is 1. The number of aromatic nitrogens is 4. The molecule has 0 saturated carbocycles. The minimum absolute atomic E-state index is 0.438. The lowest BCUT2D eigenvalue weighted by atomic mass is 10.2. The molecule has 0 unspecified atom stereocenters. The lowest BCUT2D eigenvalue weighted by Crippen LogP contribution is -2.17. The fourth-order valence-corrected chi connectivity index (χ4v) is 3.98. The van der Waals surface area contributed by atoms with Crippen LogP contribution in [0.2, 0.25) is 5.02 Å². The Hall–Kier alpha value is -3.32. The minimum Gasteiger partial charge on any atom is -0.494 e. The van der Waals surface area contributed by atoms with Gasteiger partial charge in [-0.3, -0.25) is 4.40 Å². The predicted octanol–water partition coefficient (Wildman–Crippen LogP) is 4.80. The van der Waals surface area contributed by atoms with E-state index in [4.69, 9.17) is 16.3 Å². The quantitative estimate of drug-likeness (QED) is 0.500. The molecule has 5 rings (SSSR count). The molecule has 3 aromatic heterocycles. The number of anilines is 3. The average molecular weight is 421 g/mol. The number of benzene rings is 1. The molecule has 0 radical (unpaired) electrons. The summed E-state index contributed by atoms with van der Waals surface area (Å²) >= 11 is 6.42. The summed E-state index contributed by atoms with van der Waals surface area (Å²) < 4.78 is 7.56. The van der Waals surface area contributed by atoms with E-state index < -0.39 is 0 Å². The van der Waals surface area contributed by atoms with E-state index in [1.165, 1.54) is 18.5 Å². The summed E-state index contributed by atoms with van der Waals surface area (Å²) in [6, 6.07) is 12.0. The highest BCUT2D eigenvalue weighted by Crippen LogP contribution is 2.34. The molecular weight excluding hydrogens is 400 g/mol. The SMILES string of the molecule is COc1cc(N2CCCC2)ccc1Nc1ncc(Cl)c(-c2cnc3ccccn23)n1. The van der Waals surface area contributed by atoms with Gasteiger partial charge in [0.05, 0.1) is 35.9 Å². The van der Waals surface area contributed by atoms with Crippen molar-refractivity contribution in [1.29, 1.82) is 0 Å². The number of fused-ring (bicyclic) bond motifs is 1. The smallest absolute Gasteiger partial charge is 0.227 e. The van der Waals surface area contributed by atoms with Gasteiger partial charge in [0.2, 0.25) is 5.95 Å². The van der Waals surface area contributed by atoms with Crippen LogP contribution in [0.4, 0.5) is 17.3 Å². The van der Waals surface area contributed by atoms with Crippen LogP contribution in [0.25, 0.3) is 17.0 Å². The van der Waals surface area contributed by atoms with Crippen LogP contribution in [0, 0.1) is 0 Å². The lowest BCUT2D eigenvalue weighted by molar-refractivity contribution is 0.417. The number of nitrogens with one attached hydrogen (secondary N) is 1. The first-order chi connectivity index (χ1) is 14.7. The van der Waals surface area contributed by atoms with Crippen LogP contribution >= 0.6 is 11.6 Å². The van der Waals surface area contributed by atoms with E-state index in [0.717, 1.165) is 35.9 Å². The fourth-order valence-electron chi connectivity index (χ4n) is 3.79. The molecular formula is C22H21ClN6O. The monoisotopic (exact) mass is 420 g/mol. The van der Waals surface area contributed by atoms with Gasteiger partial charge in [-0.1, -0.05) is 17.7 Å². The Bertz CT molecular complexity index is 1200. The molecule has 1 aliphatic rings. The highest BCUT2D eigenvalue weighted by Gasteiger charge is 2.16. The van der Waals surface area contributed by atoms with Crippen LogP contribution < -0.4 is 15.0 Å². The van der Waals surface area contributed by atoms with Crippen molar-refractivity contribution in [2.75, 3.05) is 30.4 Å². The number of pyridine rings is 1. The first-order valence-corrected chi connectivity index (χ1v) is 10.3. The van der Waals surface area contributed by atoms with Gasteiger partial charge in [-0.15, -0.1) is 0 Å². The van der Waals surface area contributed by atoms with Crippen molar-refractivity contribution in [2.45, 2.75) is 12.8 Å². The molecule has 1 aromatic carbocycles. The molecule has 1 aliphatic heterocycles. The van der Waals surface area contributed by atoms with E-state index >= 15 is 0 Å². The Morgan fingerprint density at radius 3 is 2.77 bits per heavy atom. The highest BCUT2D eigenvalue weighted by molar-refractivity contribution is 6.32. The summed E-state index contributed by atoms with van der Waals surface area (Å²) in [5.74, 6) is 1.18. The molecule has 30 heavy (non-hydrogen) atoms. The molecule has 0 amide bonds. The van der Waals surface area contributed by atoms with E-state index in [9.17, 15) is 0 Å². The Balaban J connectivity index is 1.48. The van der Waals surface area contributed by atoms with E-state index in [1.54, 1.807) is 19.5 Å². The maximum Gasteiger partial charge on any atom is 0.227 e. The normalized spacial score (nSPS) is 13.7. The number of imidazole rings is 1. The molecule has 4 aromatic rings. The summed E-state index contributed by atoms with van der Waals surface area (Å²) in [6.45, 7) is 2.16. The summed E-state index contributed by atoms with van der Waals surface area (Å²) in [5, 5.41) is 3.73. The van der Waals surface area contributed by atoms with Gasteiger partial charge in [-0.05, 0) is 37.1 Å². The fraction of sp³-hybridized carbons (Fsp3) is 0.227. The Morgan fingerprint density at radius 2 is 1.93 bits per heavy atom. The van der Waals surface area contributed by atoms with Crippen LogP contribution in [0.3, 0.4) is 0 Å². The Labute approximate surface area is 179 Å². The summed E-state index contributed by atoms with van der Waals surface area (Å²) in [5.41, 5.74) is 4.21. The van der Waals surface area contributed by atoms with Crippen molar-refractivity contribution in [3.63, 3.8) is 0 Å². The van der Waals surface area contributed by atoms with E-state index in [2.05, 4.69) is 37.3 Å². The first-order valence-electron chi connectivity index (χ1n) is 9.88. The lowest BCUT2D eigenvalue weighted by Gasteiger charge is -2.20. The van der Waals surface area contributed by atoms with E-state index in [1.807, 2.05) is 34.9 Å². The second-order valence-corrected chi connectivity index (χ2v) is 7.57. The van der Waals surface area contributed by atoms with E-state index in [-0.39, 0.29) is 0 Å². The van der Waals surface area contributed by atoms with Crippen LogP contribution in [-0.4, -0.2) is 39.6 Å². The number of methoxy groups -OCH3 is 1. The maximum absolute atomic E-state index is 6.42. The second kappa shape index (κ2) is 7.84. The summed E-state index contributed by atoms with van der Waals surface area (Å²) in [6.07, 6.45) is 7.75. The average Bonchev–Trinajstić information content (AvgIpc) is 3.46. The standard InChI is InChI=1S/C22H21ClN6O/c1-30-19-12-15(28-9-4-5-10-28)7-8-17(19)26-22-25-13-16(23)21(27-22)18-14-24-20-6-2-3-11-29(18)20/h2-3,6-8,11-14H,4-5,9-10H2,1H3,(H,25,26,27). The number of hydrogen-bond acceptors (Lipinski definition) is 6. The molecule has 1 fully saturated rings. The van der Waals surface area contributed by atoms with Crippen molar-refractivity contribution in [2.24, 2.45) is 0 Å². The zero-order chi connectivity index (χ0) is 20.5. The van der Waals surface area contributed by atoms with Crippen LogP contribution in [0.15, 0.2) is 55.0 Å². The molecule has 4 heterocycles.